The van der Waals surface area contributed by atoms with Crippen LogP contribution in [0.5, 0.6) is 0 Å². The van der Waals surface area contributed by atoms with Crippen LogP contribution in [0.1, 0.15) is 9.67 Å². The third-order valence-electron chi connectivity index (χ3n) is 3.16. The van der Waals surface area contributed by atoms with Gasteiger partial charge in [-0.05, 0) is 34.4 Å². The molecule has 2 heterocycles. The Bertz CT molecular complexity index is 522. The topological polar surface area (TPSA) is 70.1 Å². The first-order chi connectivity index (χ1) is 9.97. The third kappa shape index (κ3) is 4.50. The fourth-order valence-electron chi connectivity index (χ4n) is 2.25. The standard InChI is InChI=1S/C13H17BrN2O4S/c1-15(8-11(17)18)6-9-7-16(3-4-20-9)13(19)12-10(14)2-5-21-12/h2,5,9H,3-4,6-8H2,1H3,(H,17,18)/t9-/m1/s1. The molecule has 2 rings (SSSR count). The molecule has 1 aromatic rings. The van der Waals surface area contributed by atoms with Crippen LogP contribution < -0.4 is 0 Å². The molecule has 1 aliphatic heterocycles. The molecule has 0 aromatic carbocycles. The number of nitrogens with zero attached hydrogens (tertiary/aromatic N) is 2. The smallest absolute Gasteiger partial charge is 0.317 e. The molecule has 0 saturated carbocycles. The number of carboxylic acid groups (broad SMARTS) is 1. The minimum absolute atomic E-state index is 0.00828. The van der Waals surface area contributed by atoms with Gasteiger partial charge in [0.25, 0.3) is 5.91 Å². The van der Waals surface area contributed by atoms with E-state index in [0.717, 1.165) is 4.47 Å². The Hall–Kier alpha value is -0.960. The van der Waals surface area contributed by atoms with E-state index in [4.69, 9.17) is 9.84 Å². The number of halogens is 1. The number of carbonyl (C=O) groups excluding carboxylic acids is 1. The number of aliphatic carboxylic acids is 1. The lowest BCUT2D eigenvalue weighted by Crippen LogP contribution is -2.49. The molecular formula is C13H17BrN2O4S. The van der Waals surface area contributed by atoms with E-state index in [1.54, 1.807) is 16.8 Å². The van der Waals surface area contributed by atoms with Crippen molar-refractivity contribution in [2.75, 3.05) is 39.8 Å². The van der Waals surface area contributed by atoms with Crippen LogP contribution in [0, 0.1) is 0 Å². The van der Waals surface area contributed by atoms with Crippen molar-refractivity contribution in [3.05, 3.63) is 20.8 Å². The molecule has 0 bridgehead atoms. The summed E-state index contributed by atoms with van der Waals surface area (Å²) < 4.78 is 6.43. The predicted molar refractivity (Wildman–Crippen MR) is 82.8 cm³/mol. The molecule has 1 aromatic heterocycles. The molecule has 0 spiro atoms. The van der Waals surface area contributed by atoms with Crippen molar-refractivity contribution in [2.45, 2.75) is 6.10 Å². The maximum atomic E-state index is 12.4. The highest BCUT2D eigenvalue weighted by Gasteiger charge is 2.27. The summed E-state index contributed by atoms with van der Waals surface area (Å²) in [6.45, 7) is 1.96. The van der Waals surface area contributed by atoms with Crippen molar-refractivity contribution in [1.29, 1.82) is 0 Å². The lowest BCUT2D eigenvalue weighted by atomic mass is 10.2. The number of morpholine rings is 1. The number of hydrogen-bond donors (Lipinski definition) is 1. The summed E-state index contributed by atoms with van der Waals surface area (Å²) in [6.07, 6.45) is -0.161. The van der Waals surface area contributed by atoms with Gasteiger partial charge in [0.15, 0.2) is 0 Å². The molecule has 21 heavy (non-hydrogen) atoms. The third-order valence-corrected chi connectivity index (χ3v) is 4.98. The van der Waals surface area contributed by atoms with Crippen LogP contribution >= 0.6 is 27.3 Å². The first-order valence-corrected chi connectivity index (χ1v) is 8.19. The minimum atomic E-state index is -0.872. The largest absolute Gasteiger partial charge is 0.480 e. The second-order valence-corrected chi connectivity index (χ2v) is 6.70. The van der Waals surface area contributed by atoms with Crippen molar-refractivity contribution in [1.82, 2.24) is 9.80 Å². The fraction of sp³-hybridized carbons (Fsp3) is 0.538. The first-order valence-electron chi connectivity index (χ1n) is 6.51. The first kappa shape index (κ1) is 16.4. The molecule has 6 nitrogen and oxygen atoms in total. The second-order valence-electron chi connectivity index (χ2n) is 4.93. The molecule has 1 aliphatic rings. The van der Waals surface area contributed by atoms with Gasteiger partial charge in [-0.25, -0.2) is 0 Å². The van der Waals surface area contributed by atoms with Gasteiger partial charge in [0.1, 0.15) is 4.88 Å². The number of amides is 1. The van der Waals surface area contributed by atoms with Crippen molar-refractivity contribution in [3.63, 3.8) is 0 Å². The Labute approximate surface area is 135 Å². The molecule has 8 heteroatoms. The normalized spacial score (nSPS) is 19.0. The summed E-state index contributed by atoms with van der Waals surface area (Å²) in [4.78, 5) is 27.2. The zero-order chi connectivity index (χ0) is 15.4. The highest BCUT2D eigenvalue weighted by Crippen LogP contribution is 2.25. The monoisotopic (exact) mass is 376 g/mol. The van der Waals surface area contributed by atoms with E-state index in [-0.39, 0.29) is 18.6 Å². The second kappa shape index (κ2) is 7.35. The van der Waals surface area contributed by atoms with E-state index in [2.05, 4.69) is 15.9 Å². The molecule has 1 fully saturated rings. The van der Waals surface area contributed by atoms with E-state index in [0.29, 0.717) is 31.1 Å². The Balaban J connectivity index is 1.93. The molecule has 1 N–H and O–H groups in total. The maximum Gasteiger partial charge on any atom is 0.317 e. The van der Waals surface area contributed by atoms with Crippen LogP contribution in [-0.2, 0) is 9.53 Å². The maximum absolute atomic E-state index is 12.4. The number of likely N-dealkylation sites (N-methyl/N-ethyl adjacent to an activating group) is 1. The summed E-state index contributed by atoms with van der Waals surface area (Å²) in [5.41, 5.74) is 0. The zero-order valence-electron chi connectivity index (χ0n) is 11.6. The van der Waals surface area contributed by atoms with Crippen LogP contribution in [0.25, 0.3) is 0 Å². The van der Waals surface area contributed by atoms with Crippen LogP contribution in [0.15, 0.2) is 15.9 Å². The van der Waals surface area contributed by atoms with Crippen molar-refractivity contribution < 1.29 is 19.4 Å². The van der Waals surface area contributed by atoms with Crippen LogP contribution in [0.2, 0.25) is 0 Å². The molecule has 0 radical (unpaired) electrons. The number of hydrogen-bond acceptors (Lipinski definition) is 5. The summed E-state index contributed by atoms with van der Waals surface area (Å²) in [5.74, 6) is -0.880. The van der Waals surface area contributed by atoms with Gasteiger partial charge in [-0.3, -0.25) is 14.5 Å². The number of carbonyl (C=O) groups is 2. The van der Waals surface area contributed by atoms with E-state index >= 15 is 0 Å². The summed E-state index contributed by atoms with van der Waals surface area (Å²) >= 11 is 4.78. The Kier molecular flexibility index (Phi) is 5.74. The van der Waals surface area contributed by atoms with Crippen molar-refractivity contribution in [3.8, 4) is 0 Å². The SMILES string of the molecule is CN(CC(=O)O)C[C@@H]1CN(C(=O)c2sccc2Br)CCO1. The van der Waals surface area contributed by atoms with Gasteiger partial charge >= 0.3 is 5.97 Å². The summed E-state index contributed by atoms with van der Waals surface area (Å²) in [5, 5.41) is 10.6. The Morgan fingerprint density at radius 3 is 3.00 bits per heavy atom. The highest BCUT2D eigenvalue weighted by molar-refractivity contribution is 9.10. The lowest BCUT2D eigenvalue weighted by molar-refractivity contribution is -0.138. The van der Waals surface area contributed by atoms with Crippen LogP contribution in [0.3, 0.4) is 0 Å². The molecule has 116 valence electrons. The van der Waals surface area contributed by atoms with Gasteiger partial charge in [-0.1, -0.05) is 0 Å². The molecular weight excluding hydrogens is 360 g/mol. The summed E-state index contributed by atoms with van der Waals surface area (Å²) in [6, 6.07) is 1.86. The number of thiophene rings is 1. The van der Waals surface area contributed by atoms with E-state index in [9.17, 15) is 9.59 Å². The van der Waals surface area contributed by atoms with Gasteiger partial charge in [0.05, 0.1) is 19.3 Å². The van der Waals surface area contributed by atoms with Gasteiger partial charge in [-0.2, -0.15) is 0 Å². The van der Waals surface area contributed by atoms with Gasteiger partial charge in [0.2, 0.25) is 0 Å². The van der Waals surface area contributed by atoms with E-state index in [1.807, 2.05) is 11.4 Å². The van der Waals surface area contributed by atoms with Crippen molar-refractivity contribution in [2.24, 2.45) is 0 Å². The molecule has 1 saturated heterocycles. The van der Waals surface area contributed by atoms with Gasteiger partial charge in [0, 0.05) is 24.1 Å². The van der Waals surface area contributed by atoms with Crippen LogP contribution in [0.4, 0.5) is 0 Å². The summed E-state index contributed by atoms with van der Waals surface area (Å²) in [7, 11) is 1.73. The molecule has 1 amide bonds. The minimum Gasteiger partial charge on any atom is -0.480 e. The predicted octanol–water partition coefficient (Wildman–Crippen LogP) is 1.37. The lowest BCUT2D eigenvalue weighted by Gasteiger charge is -2.34. The number of carboxylic acids is 1. The number of ether oxygens (including phenoxy) is 1. The van der Waals surface area contributed by atoms with Crippen LogP contribution in [-0.4, -0.2) is 72.7 Å². The Morgan fingerprint density at radius 1 is 1.62 bits per heavy atom. The average molecular weight is 377 g/mol. The number of rotatable bonds is 5. The molecule has 0 aliphatic carbocycles. The van der Waals surface area contributed by atoms with Gasteiger partial charge in [-0.15, -0.1) is 11.3 Å². The highest BCUT2D eigenvalue weighted by atomic mass is 79.9. The zero-order valence-corrected chi connectivity index (χ0v) is 14.0. The van der Waals surface area contributed by atoms with Gasteiger partial charge < -0.3 is 14.7 Å². The quantitative estimate of drug-likeness (QED) is 0.840. The van der Waals surface area contributed by atoms with E-state index in [1.165, 1.54) is 11.3 Å². The van der Waals surface area contributed by atoms with E-state index < -0.39 is 5.97 Å². The van der Waals surface area contributed by atoms with Crippen molar-refractivity contribution >= 4 is 39.1 Å². The Morgan fingerprint density at radius 2 is 2.38 bits per heavy atom. The fourth-order valence-corrected chi connectivity index (χ4v) is 3.76. The molecule has 1 atom stereocenters. The average Bonchev–Trinajstić information content (AvgIpc) is 2.83. The molecule has 0 unspecified atom stereocenters.